The van der Waals surface area contributed by atoms with E-state index in [-0.39, 0.29) is 16.9 Å². The van der Waals surface area contributed by atoms with Crippen molar-refractivity contribution in [2.24, 2.45) is 0 Å². The van der Waals surface area contributed by atoms with Gasteiger partial charge in [0.2, 0.25) is 0 Å². The number of Topliss-reactive ketones (excluding diaryl/α,β-unsaturated/α-hetero) is 1. The van der Waals surface area contributed by atoms with Gasteiger partial charge < -0.3 is 14.9 Å². The molecule has 0 bridgehead atoms. The Morgan fingerprint density at radius 1 is 1.18 bits per heavy atom. The van der Waals surface area contributed by atoms with Crippen LogP contribution in [0.3, 0.4) is 0 Å². The van der Waals surface area contributed by atoms with Gasteiger partial charge in [0, 0.05) is 24.7 Å². The number of rotatable bonds is 6. The number of halogens is 1. The Hall–Kier alpha value is -3.06. The third-order valence-corrected chi connectivity index (χ3v) is 4.70. The molecule has 2 N–H and O–H groups in total. The van der Waals surface area contributed by atoms with Gasteiger partial charge >= 0.3 is 0 Å². The minimum absolute atomic E-state index is 0.0208. The SMILES string of the molecule is C[NH+](C)CCCN1C(=O)C(=O)C(=C(O)c2ccc(F)cc2)[C@@H]1c1ccccn1. The predicted octanol–water partition coefficient (Wildman–Crippen LogP) is 1.18. The van der Waals surface area contributed by atoms with Crippen LogP contribution in [0.1, 0.15) is 23.7 Å². The maximum atomic E-state index is 13.2. The molecule has 1 aromatic carbocycles. The summed E-state index contributed by atoms with van der Waals surface area (Å²) in [5, 5.41) is 10.8. The number of aliphatic hydroxyl groups is 1. The first-order valence-corrected chi connectivity index (χ1v) is 9.14. The molecule has 146 valence electrons. The molecule has 0 aliphatic carbocycles. The molecule has 1 saturated heterocycles. The smallest absolute Gasteiger partial charge is 0.295 e. The van der Waals surface area contributed by atoms with E-state index in [1.807, 2.05) is 14.1 Å². The molecule has 0 unspecified atom stereocenters. The summed E-state index contributed by atoms with van der Waals surface area (Å²) < 4.78 is 13.2. The number of nitrogens with one attached hydrogen (secondary N) is 1. The monoisotopic (exact) mass is 384 g/mol. The number of nitrogens with zero attached hydrogens (tertiary/aromatic N) is 2. The van der Waals surface area contributed by atoms with Crippen molar-refractivity contribution in [3.05, 3.63) is 71.3 Å². The van der Waals surface area contributed by atoms with Crippen molar-refractivity contribution in [2.45, 2.75) is 12.5 Å². The molecule has 0 spiro atoms. The van der Waals surface area contributed by atoms with Crippen molar-refractivity contribution >= 4 is 17.4 Å². The lowest BCUT2D eigenvalue weighted by atomic mass is 9.98. The normalized spacial score (nSPS) is 18.9. The van der Waals surface area contributed by atoms with Gasteiger partial charge in [0.25, 0.3) is 11.7 Å². The number of carbonyl (C=O) groups excluding carboxylic acids is 2. The van der Waals surface area contributed by atoms with Gasteiger partial charge in [0.15, 0.2) is 0 Å². The maximum Gasteiger partial charge on any atom is 0.295 e. The third-order valence-electron chi connectivity index (χ3n) is 4.70. The lowest BCUT2D eigenvalue weighted by Gasteiger charge is -2.24. The largest absolute Gasteiger partial charge is 0.507 e. The number of aromatic nitrogens is 1. The van der Waals surface area contributed by atoms with E-state index < -0.39 is 23.5 Å². The van der Waals surface area contributed by atoms with E-state index in [2.05, 4.69) is 4.98 Å². The molecule has 1 atom stereocenters. The summed E-state index contributed by atoms with van der Waals surface area (Å²) in [6.45, 7) is 1.20. The zero-order valence-electron chi connectivity index (χ0n) is 15.9. The number of likely N-dealkylation sites (tertiary alicyclic amines) is 1. The summed E-state index contributed by atoms with van der Waals surface area (Å²) in [4.78, 5) is 32.5. The predicted molar refractivity (Wildman–Crippen MR) is 102 cm³/mol. The molecule has 0 saturated carbocycles. The van der Waals surface area contributed by atoms with Gasteiger partial charge in [-0.05, 0) is 36.4 Å². The Morgan fingerprint density at radius 2 is 1.89 bits per heavy atom. The number of ketones is 1. The van der Waals surface area contributed by atoms with Gasteiger partial charge in [0.1, 0.15) is 17.6 Å². The van der Waals surface area contributed by atoms with Gasteiger partial charge in [-0.25, -0.2) is 4.39 Å². The number of benzene rings is 1. The zero-order chi connectivity index (χ0) is 20.3. The average molecular weight is 384 g/mol. The number of pyridine rings is 1. The van der Waals surface area contributed by atoms with Crippen LogP contribution >= 0.6 is 0 Å². The van der Waals surface area contributed by atoms with Crippen LogP contribution < -0.4 is 4.90 Å². The van der Waals surface area contributed by atoms with Crippen LogP contribution in [-0.4, -0.2) is 53.9 Å². The minimum Gasteiger partial charge on any atom is -0.507 e. The number of amides is 1. The standard InChI is InChI=1S/C21H22FN3O3/c1-24(2)12-5-13-25-18(16-6-3-4-11-23-16)17(20(27)21(25)28)19(26)14-7-9-15(22)10-8-14/h3-4,6-11,18,26H,5,12-13H2,1-2H3/p+1/t18-/m0/s1. The van der Waals surface area contributed by atoms with E-state index in [1.165, 1.54) is 34.1 Å². The molecule has 28 heavy (non-hydrogen) atoms. The number of hydrogen-bond donors (Lipinski definition) is 2. The number of carbonyl (C=O) groups is 2. The second-order valence-electron chi connectivity index (χ2n) is 7.06. The molecule has 1 aliphatic rings. The van der Waals surface area contributed by atoms with Crippen molar-refractivity contribution in [2.75, 3.05) is 27.2 Å². The molecule has 7 heteroatoms. The van der Waals surface area contributed by atoms with Crippen molar-refractivity contribution < 1.29 is 24.0 Å². The van der Waals surface area contributed by atoms with Crippen molar-refractivity contribution in [1.29, 1.82) is 0 Å². The molecule has 2 heterocycles. The number of hydrogen-bond acceptors (Lipinski definition) is 4. The van der Waals surface area contributed by atoms with Crippen LogP contribution in [0.2, 0.25) is 0 Å². The number of aliphatic hydroxyl groups excluding tert-OH is 1. The van der Waals surface area contributed by atoms with E-state index in [1.54, 1.807) is 24.4 Å². The van der Waals surface area contributed by atoms with Gasteiger partial charge in [-0.15, -0.1) is 0 Å². The Labute approximate surface area is 162 Å². The fraction of sp³-hybridized carbons (Fsp3) is 0.286. The highest BCUT2D eigenvalue weighted by Crippen LogP contribution is 2.38. The second kappa shape index (κ2) is 8.31. The molecule has 1 aliphatic heterocycles. The van der Waals surface area contributed by atoms with Gasteiger partial charge in [0.05, 0.1) is 31.9 Å². The Bertz CT molecular complexity index is 895. The molecule has 3 rings (SSSR count). The maximum absolute atomic E-state index is 13.2. The molecule has 6 nitrogen and oxygen atoms in total. The van der Waals surface area contributed by atoms with Crippen molar-refractivity contribution in [1.82, 2.24) is 9.88 Å². The van der Waals surface area contributed by atoms with E-state index in [4.69, 9.17) is 0 Å². The van der Waals surface area contributed by atoms with E-state index in [0.717, 1.165) is 6.54 Å². The fourth-order valence-corrected chi connectivity index (χ4v) is 3.32. The molecule has 2 aromatic rings. The van der Waals surface area contributed by atoms with Crippen LogP contribution in [0.5, 0.6) is 0 Å². The first-order valence-electron chi connectivity index (χ1n) is 9.14. The lowest BCUT2D eigenvalue weighted by Crippen LogP contribution is -3.05. The first kappa shape index (κ1) is 19.7. The molecule has 1 fully saturated rings. The van der Waals surface area contributed by atoms with E-state index >= 15 is 0 Å². The van der Waals surface area contributed by atoms with Crippen LogP contribution in [-0.2, 0) is 9.59 Å². The number of quaternary nitrogens is 1. The van der Waals surface area contributed by atoms with Crippen LogP contribution in [0.15, 0.2) is 54.2 Å². The second-order valence-corrected chi connectivity index (χ2v) is 7.06. The summed E-state index contributed by atoms with van der Waals surface area (Å²) in [5.41, 5.74) is 0.758. The Balaban J connectivity index is 2.06. The van der Waals surface area contributed by atoms with Crippen LogP contribution in [0, 0.1) is 5.82 Å². The minimum atomic E-state index is -0.775. The molecule has 1 amide bonds. The fourth-order valence-electron chi connectivity index (χ4n) is 3.32. The molecular weight excluding hydrogens is 361 g/mol. The summed E-state index contributed by atoms with van der Waals surface area (Å²) >= 11 is 0. The third kappa shape index (κ3) is 3.94. The molecule has 1 aromatic heterocycles. The quantitative estimate of drug-likeness (QED) is 0.446. The van der Waals surface area contributed by atoms with Crippen LogP contribution in [0.4, 0.5) is 4.39 Å². The summed E-state index contributed by atoms with van der Waals surface area (Å²) in [7, 11) is 4.03. The van der Waals surface area contributed by atoms with Gasteiger partial charge in [-0.2, -0.15) is 0 Å². The highest BCUT2D eigenvalue weighted by Gasteiger charge is 2.46. The highest BCUT2D eigenvalue weighted by molar-refractivity contribution is 6.46. The topological polar surface area (TPSA) is 74.9 Å². The first-order chi connectivity index (χ1) is 13.4. The summed E-state index contributed by atoms with van der Waals surface area (Å²) in [6.07, 6.45) is 2.28. The van der Waals surface area contributed by atoms with E-state index in [0.29, 0.717) is 18.7 Å². The van der Waals surface area contributed by atoms with Gasteiger partial charge in [-0.1, -0.05) is 6.07 Å². The van der Waals surface area contributed by atoms with Gasteiger partial charge in [-0.3, -0.25) is 14.6 Å². The molecule has 0 radical (unpaired) electrons. The molecular formula is C21H23FN3O3+. The van der Waals surface area contributed by atoms with E-state index in [9.17, 15) is 19.1 Å². The average Bonchev–Trinajstić information content (AvgIpc) is 2.93. The van der Waals surface area contributed by atoms with Crippen molar-refractivity contribution in [3.63, 3.8) is 0 Å². The summed E-state index contributed by atoms with van der Waals surface area (Å²) in [6, 6.07) is 9.60. The Kier molecular flexibility index (Phi) is 5.84. The Morgan fingerprint density at radius 3 is 2.50 bits per heavy atom. The summed E-state index contributed by atoms with van der Waals surface area (Å²) in [5.74, 6) is -2.19. The van der Waals surface area contributed by atoms with Crippen molar-refractivity contribution in [3.8, 4) is 0 Å². The van der Waals surface area contributed by atoms with Crippen LogP contribution in [0.25, 0.3) is 5.76 Å². The highest BCUT2D eigenvalue weighted by atomic mass is 19.1. The zero-order valence-corrected chi connectivity index (χ0v) is 15.9. The lowest BCUT2D eigenvalue weighted by molar-refractivity contribution is -0.858.